The first-order valence-electron chi connectivity index (χ1n) is 6.23. The van der Waals surface area contributed by atoms with Gasteiger partial charge in [-0.3, -0.25) is 4.68 Å². The van der Waals surface area contributed by atoms with Crippen molar-refractivity contribution in [3.8, 4) is 0 Å². The molecular weight excluding hydrogens is 297 g/mol. The summed E-state index contributed by atoms with van der Waals surface area (Å²) in [5.74, 6) is 1.13. The van der Waals surface area contributed by atoms with Crippen LogP contribution in [0.15, 0.2) is 24.7 Å². The molecule has 0 bridgehead atoms. The Labute approximate surface area is 126 Å². The SMILES string of the molecule is Cc1cnn(CCn2c(CCl)nc3cc(Cl)cnc32)c1. The standard InChI is InChI=1S/C13H13Cl2N5/c1-9-6-17-19(8-9)2-3-20-12(5-14)18-11-4-10(15)7-16-13(11)20/h4,6-8H,2-3,5H2,1H3. The van der Waals surface area contributed by atoms with Crippen molar-refractivity contribution in [2.45, 2.75) is 25.9 Å². The van der Waals surface area contributed by atoms with Gasteiger partial charge >= 0.3 is 0 Å². The molecule has 0 aliphatic carbocycles. The molecule has 7 heteroatoms. The Balaban J connectivity index is 1.93. The number of aryl methyl sites for hydroxylation is 3. The molecular formula is C13H13Cl2N5. The van der Waals surface area contributed by atoms with Crippen molar-refractivity contribution in [2.75, 3.05) is 0 Å². The third-order valence-corrected chi connectivity index (χ3v) is 3.51. The van der Waals surface area contributed by atoms with Gasteiger partial charge in [0.1, 0.15) is 11.3 Å². The molecule has 0 saturated heterocycles. The number of imidazole rings is 1. The van der Waals surface area contributed by atoms with Gasteiger partial charge in [-0.05, 0) is 18.6 Å². The zero-order chi connectivity index (χ0) is 14.1. The molecule has 0 aliphatic rings. The lowest BCUT2D eigenvalue weighted by atomic mass is 10.4. The summed E-state index contributed by atoms with van der Waals surface area (Å²) >= 11 is 11.9. The van der Waals surface area contributed by atoms with Crippen LogP contribution in [0.3, 0.4) is 0 Å². The quantitative estimate of drug-likeness (QED) is 0.696. The second-order valence-electron chi connectivity index (χ2n) is 4.59. The van der Waals surface area contributed by atoms with Crippen LogP contribution in [0.1, 0.15) is 11.4 Å². The number of hydrogen-bond donors (Lipinski definition) is 0. The maximum absolute atomic E-state index is 5.96. The van der Waals surface area contributed by atoms with Gasteiger partial charge in [0.2, 0.25) is 0 Å². The van der Waals surface area contributed by atoms with Gasteiger partial charge in [0.15, 0.2) is 5.65 Å². The first-order chi connectivity index (χ1) is 9.67. The predicted octanol–water partition coefficient (Wildman–Crippen LogP) is 3.03. The van der Waals surface area contributed by atoms with Crippen molar-refractivity contribution < 1.29 is 0 Å². The molecule has 20 heavy (non-hydrogen) atoms. The first-order valence-corrected chi connectivity index (χ1v) is 7.14. The number of hydrogen-bond acceptors (Lipinski definition) is 3. The van der Waals surface area contributed by atoms with Crippen LogP contribution >= 0.6 is 23.2 Å². The van der Waals surface area contributed by atoms with Crippen LogP contribution < -0.4 is 0 Å². The third kappa shape index (κ3) is 2.51. The fourth-order valence-electron chi connectivity index (χ4n) is 2.16. The summed E-state index contributed by atoms with van der Waals surface area (Å²) in [6.45, 7) is 3.48. The zero-order valence-corrected chi connectivity index (χ0v) is 12.4. The van der Waals surface area contributed by atoms with Gasteiger partial charge in [-0.25, -0.2) is 9.97 Å². The van der Waals surface area contributed by atoms with Crippen LogP contribution in [0, 0.1) is 6.92 Å². The number of rotatable bonds is 4. The summed E-state index contributed by atoms with van der Waals surface area (Å²) < 4.78 is 3.91. The highest BCUT2D eigenvalue weighted by molar-refractivity contribution is 6.31. The highest BCUT2D eigenvalue weighted by atomic mass is 35.5. The lowest BCUT2D eigenvalue weighted by molar-refractivity contribution is 0.531. The minimum Gasteiger partial charge on any atom is -0.310 e. The van der Waals surface area contributed by atoms with E-state index >= 15 is 0 Å². The lowest BCUT2D eigenvalue weighted by Crippen LogP contribution is -2.10. The number of halogens is 2. The Hall–Kier alpha value is -1.59. The van der Waals surface area contributed by atoms with Crippen molar-refractivity contribution >= 4 is 34.4 Å². The maximum Gasteiger partial charge on any atom is 0.160 e. The van der Waals surface area contributed by atoms with Crippen molar-refractivity contribution in [1.29, 1.82) is 0 Å². The average molecular weight is 310 g/mol. The summed E-state index contributed by atoms with van der Waals surface area (Å²) in [6.07, 6.45) is 5.47. The normalized spacial score (nSPS) is 11.3. The van der Waals surface area contributed by atoms with E-state index in [4.69, 9.17) is 23.2 Å². The highest BCUT2D eigenvalue weighted by Gasteiger charge is 2.11. The Morgan fingerprint density at radius 1 is 1.25 bits per heavy atom. The van der Waals surface area contributed by atoms with Crippen LogP contribution in [0.25, 0.3) is 11.2 Å². The number of alkyl halides is 1. The van der Waals surface area contributed by atoms with E-state index in [9.17, 15) is 0 Å². The van der Waals surface area contributed by atoms with E-state index in [2.05, 4.69) is 15.1 Å². The molecule has 104 valence electrons. The highest BCUT2D eigenvalue weighted by Crippen LogP contribution is 2.19. The van der Waals surface area contributed by atoms with Gasteiger partial charge in [-0.15, -0.1) is 11.6 Å². The van der Waals surface area contributed by atoms with E-state index in [1.54, 1.807) is 12.3 Å². The van der Waals surface area contributed by atoms with Crippen LogP contribution in [0.5, 0.6) is 0 Å². The van der Waals surface area contributed by atoms with Crippen LogP contribution in [-0.4, -0.2) is 24.3 Å². The Bertz CT molecular complexity index is 746. The molecule has 0 atom stereocenters. The Morgan fingerprint density at radius 3 is 2.80 bits per heavy atom. The van der Waals surface area contributed by atoms with E-state index in [-0.39, 0.29) is 0 Å². The molecule has 0 saturated carbocycles. The number of aromatic nitrogens is 5. The molecule has 3 rings (SSSR count). The smallest absolute Gasteiger partial charge is 0.160 e. The lowest BCUT2D eigenvalue weighted by Gasteiger charge is -2.07. The summed E-state index contributed by atoms with van der Waals surface area (Å²) in [5.41, 5.74) is 2.71. The Kier molecular flexibility index (Phi) is 3.63. The Morgan fingerprint density at radius 2 is 2.10 bits per heavy atom. The van der Waals surface area contributed by atoms with Crippen LogP contribution in [0.2, 0.25) is 5.02 Å². The second kappa shape index (κ2) is 5.42. The molecule has 0 N–H and O–H groups in total. The summed E-state index contributed by atoms with van der Waals surface area (Å²) in [6, 6.07) is 1.80. The molecule has 0 unspecified atom stereocenters. The second-order valence-corrected chi connectivity index (χ2v) is 5.29. The van der Waals surface area contributed by atoms with Crippen LogP contribution in [0.4, 0.5) is 0 Å². The molecule has 3 heterocycles. The predicted molar refractivity (Wildman–Crippen MR) is 79.1 cm³/mol. The van der Waals surface area contributed by atoms with E-state index < -0.39 is 0 Å². The number of fused-ring (bicyclic) bond motifs is 1. The van der Waals surface area contributed by atoms with Gasteiger partial charge in [-0.2, -0.15) is 5.10 Å². The first kappa shape index (κ1) is 13.4. The van der Waals surface area contributed by atoms with Crippen LogP contribution in [-0.2, 0) is 19.0 Å². The fraction of sp³-hybridized carbons (Fsp3) is 0.308. The zero-order valence-electron chi connectivity index (χ0n) is 10.9. The summed E-state index contributed by atoms with van der Waals surface area (Å²) in [5, 5.41) is 4.85. The maximum atomic E-state index is 5.96. The molecule has 0 amide bonds. The summed E-state index contributed by atoms with van der Waals surface area (Å²) in [7, 11) is 0. The molecule has 0 aromatic carbocycles. The van der Waals surface area contributed by atoms with Crippen molar-refractivity contribution in [1.82, 2.24) is 24.3 Å². The third-order valence-electron chi connectivity index (χ3n) is 3.07. The average Bonchev–Trinajstić information content (AvgIpc) is 2.99. The van der Waals surface area contributed by atoms with Crippen molar-refractivity contribution in [3.63, 3.8) is 0 Å². The van der Waals surface area contributed by atoms with E-state index in [0.29, 0.717) is 17.4 Å². The molecule has 0 radical (unpaired) electrons. The van der Waals surface area contributed by atoms with Gasteiger partial charge in [0.05, 0.1) is 23.6 Å². The van der Waals surface area contributed by atoms with E-state index in [0.717, 1.165) is 29.1 Å². The van der Waals surface area contributed by atoms with Gasteiger partial charge in [-0.1, -0.05) is 11.6 Å². The fourth-order valence-corrected chi connectivity index (χ4v) is 2.52. The number of pyridine rings is 1. The van der Waals surface area contributed by atoms with Crippen molar-refractivity contribution in [2.24, 2.45) is 0 Å². The minimum atomic E-state index is 0.339. The van der Waals surface area contributed by atoms with E-state index in [1.807, 2.05) is 28.6 Å². The minimum absolute atomic E-state index is 0.339. The topological polar surface area (TPSA) is 48.5 Å². The van der Waals surface area contributed by atoms with Gasteiger partial charge in [0.25, 0.3) is 0 Å². The number of nitrogens with zero attached hydrogens (tertiary/aromatic N) is 5. The molecule has 0 spiro atoms. The van der Waals surface area contributed by atoms with E-state index in [1.165, 1.54) is 0 Å². The molecule has 0 fully saturated rings. The molecule has 3 aromatic heterocycles. The largest absolute Gasteiger partial charge is 0.310 e. The molecule has 0 aliphatic heterocycles. The van der Waals surface area contributed by atoms with Gasteiger partial charge < -0.3 is 4.57 Å². The van der Waals surface area contributed by atoms with Crippen molar-refractivity contribution in [3.05, 3.63) is 41.1 Å². The monoisotopic (exact) mass is 309 g/mol. The molecule has 5 nitrogen and oxygen atoms in total. The molecule has 3 aromatic rings. The summed E-state index contributed by atoms with van der Waals surface area (Å²) in [4.78, 5) is 8.81. The van der Waals surface area contributed by atoms with Gasteiger partial charge in [0, 0.05) is 18.9 Å².